The predicted octanol–water partition coefficient (Wildman–Crippen LogP) is -0.190. The van der Waals surface area contributed by atoms with Crippen molar-refractivity contribution < 1.29 is 0 Å². The van der Waals surface area contributed by atoms with E-state index in [9.17, 15) is 0 Å². The Morgan fingerprint density at radius 2 is 2.53 bits per heavy atom. The second-order valence-corrected chi connectivity index (χ2v) is 3.74. The summed E-state index contributed by atoms with van der Waals surface area (Å²) in [5, 5.41) is 11.8. The highest BCUT2D eigenvalue weighted by atomic mass is 15.2. The zero-order chi connectivity index (χ0) is 10.7. The largest absolute Gasteiger partial charge is 0.333 e. The first-order valence-corrected chi connectivity index (χ1v) is 5.12. The maximum absolute atomic E-state index is 8.85. The lowest BCUT2D eigenvalue weighted by molar-refractivity contribution is 0.208. The summed E-state index contributed by atoms with van der Waals surface area (Å²) in [6, 6.07) is 2.15. The number of aromatic nitrogens is 2. The SMILES string of the molecule is CNC(C#N)CN1CCn2ccnc2C1. The molecule has 1 aliphatic heterocycles. The van der Waals surface area contributed by atoms with Gasteiger partial charge in [0.05, 0.1) is 12.6 Å². The van der Waals surface area contributed by atoms with Gasteiger partial charge in [-0.3, -0.25) is 4.90 Å². The predicted molar refractivity (Wildman–Crippen MR) is 56.0 cm³/mol. The van der Waals surface area contributed by atoms with Gasteiger partial charge in [0, 0.05) is 32.0 Å². The highest BCUT2D eigenvalue weighted by molar-refractivity contribution is 4.98. The number of likely N-dealkylation sites (N-methyl/N-ethyl adjacent to an activating group) is 1. The lowest BCUT2D eigenvalue weighted by Gasteiger charge is -2.28. The Balaban J connectivity index is 1.96. The number of hydrogen-bond donors (Lipinski definition) is 1. The fourth-order valence-electron chi connectivity index (χ4n) is 1.83. The molecule has 15 heavy (non-hydrogen) atoms. The van der Waals surface area contributed by atoms with Crippen molar-refractivity contribution in [2.75, 3.05) is 20.1 Å². The van der Waals surface area contributed by atoms with Crippen LogP contribution in [-0.2, 0) is 13.1 Å². The normalized spacial score (nSPS) is 18.1. The minimum Gasteiger partial charge on any atom is -0.333 e. The zero-order valence-electron chi connectivity index (χ0n) is 8.85. The molecule has 0 saturated carbocycles. The van der Waals surface area contributed by atoms with Gasteiger partial charge < -0.3 is 9.88 Å². The summed E-state index contributed by atoms with van der Waals surface area (Å²) >= 11 is 0. The molecule has 0 bridgehead atoms. The van der Waals surface area contributed by atoms with Crippen LogP contribution in [0.3, 0.4) is 0 Å². The van der Waals surface area contributed by atoms with Crippen molar-refractivity contribution >= 4 is 0 Å². The van der Waals surface area contributed by atoms with E-state index in [-0.39, 0.29) is 6.04 Å². The molecule has 2 rings (SSSR count). The van der Waals surface area contributed by atoms with E-state index >= 15 is 0 Å². The lowest BCUT2D eigenvalue weighted by atomic mass is 10.2. The Bertz CT molecular complexity index is 364. The highest BCUT2D eigenvalue weighted by Crippen LogP contribution is 2.09. The van der Waals surface area contributed by atoms with Crippen LogP contribution < -0.4 is 5.32 Å². The molecular weight excluding hydrogens is 190 g/mol. The summed E-state index contributed by atoms with van der Waals surface area (Å²) < 4.78 is 2.16. The topological polar surface area (TPSA) is 56.9 Å². The summed E-state index contributed by atoms with van der Waals surface area (Å²) in [5.41, 5.74) is 0. The molecule has 0 aromatic carbocycles. The van der Waals surface area contributed by atoms with Gasteiger partial charge in [-0.05, 0) is 7.05 Å². The van der Waals surface area contributed by atoms with Crippen molar-refractivity contribution in [2.45, 2.75) is 19.1 Å². The van der Waals surface area contributed by atoms with Crippen molar-refractivity contribution in [1.82, 2.24) is 19.8 Å². The Hall–Kier alpha value is -1.38. The first-order chi connectivity index (χ1) is 7.33. The van der Waals surface area contributed by atoms with E-state index in [0.29, 0.717) is 0 Å². The number of rotatable bonds is 3. The van der Waals surface area contributed by atoms with Crippen molar-refractivity contribution in [3.63, 3.8) is 0 Å². The molecule has 0 fully saturated rings. The molecule has 1 aromatic rings. The first-order valence-electron chi connectivity index (χ1n) is 5.12. The summed E-state index contributed by atoms with van der Waals surface area (Å²) in [5.74, 6) is 1.09. The number of fused-ring (bicyclic) bond motifs is 1. The van der Waals surface area contributed by atoms with Crippen LogP contribution in [0, 0.1) is 11.3 Å². The fraction of sp³-hybridized carbons (Fsp3) is 0.600. The van der Waals surface area contributed by atoms with Gasteiger partial charge in [-0.2, -0.15) is 5.26 Å². The molecule has 0 saturated heterocycles. The fourth-order valence-corrected chi connectivity index (χ4v) is 1.83. The van der Waals surface area contributed by atoms with Crippen LogP contribution in [0.1, 0.15) is 5.82 Å². The number of nitrogens with one attached hydrogen (secondary N) is 1. The molecule has 5 nitrogen and oxygen atoms in total. The van der Waals surface area contributed by atoms with E-state index in [1.54, 1.807) is 0 Å². The van der Waals surface area contributed by atoms with Crippen LogP contribution in [0.4, 0.5) is 0 Å². The maximum Gasteiger partial charge on any atom is 0.122 e. The third kappa shape index (κ3) is 2.17. The minimum absolute atomic E-state index is 0.0912. The van der Waals surface area contributed by atoms with Gasteiger partial charge in [-0.1, -0.05) is 0 Å². The van der Waals surface area contributed by atoms with Crippen molar-refractivity contribution in [3.05, 3.63) is 18.2 Å². The number of nitriles is 1. The molecule has 0 amide bonds. The lowest BCUT2D eigenvalue weighted by Crippen LogP contribution is -2.42. The average Bonchev–Trinajstić information content (AvgIpc) is 2.73. The van der Waals surface area contributed by atoms with Gasteiger partial charge in [-0.15, -0.1) is 0 Å². The molecule has 5 heteroatoms. The molecule has 1 aromatic heterocycles. The van der Waals surface area contributed by atoms with E-state index in [1.807, 2.05) is 19.4 Å². The first kappa shape index (κ1) is 10.1. The zero-order valence-corrected chi connectivity index (χ0v) is 8.85. The molecule has 0 spiro atoms. The molecule has 2 heterocycles. The summed E-state index contributed by atoms with van der Waals surface area (Å²) in [7, 11) is 1.82. The van der Waals surface area contributed by atoms with Gasteiger partial charge in [0.1, 0.15) is 11.9 Å². The molecule has 0 aliphatic carbocycles. The van der Waals surface area contributed by atoms with Gasteiger partial charge in [0.15, 0.2) is 0 Å². The second-order valence-electron chi connectivity index (χ2n) is 3.74. The Labute approximate surface area is 89.3 Å². The molecule has 1 atom stereocenters. The quantitative estimate of drug-likeness (QED) is 0.743. The molecule has 1 aliphatic rings. The van der Waals surface area contributed by atoms with Gasteiger partial charge in [0.25, 0.3) is 0 Å². The Kier molecular flexibility index (Phi) is 2.99. The molecule has 1 N–H and O–H groups in total. The van der Waals surface area contributed by atoms with Crippen molar-refractivity contribution in [1.29, 1.82) is 5.26 Å². The van der Waals surface area contributed by atoms with Crippen molar-refractivity contribution in [2.24, 2.45) is 0 Å². The maximum atomic E-state index is 8.85. The Morgan fingerprint density at radius 1 is 1.67 bits per heavy atom. The van der Waals surface area contributed by atoms with E-state index < -0.39 is 0 Å². The van der Waals surface area contributed by atoms with Gasteiger partial charge in [-0.25, -0.2) is 4.98 Å². The van der Waals surface area contributed by atoms with Crippen LogP contribution in [-0.4, -0.2) is 40.6 Å². The molecule has 0 radical (unpaired) electrons. The van der Waals surface area contributed by atoms with Gasteiger partial charge >= 0.3 is 0 Å². The van der Waals surface area contributed by atoms with E-state index in [2.05, 4.69) is 25.8 Å². The van der Waals surface area contributed by atoms with Crippen LogP contribution in [0.5, 0.6) is 0 Å². The van der Waals surface area contributed by atoms with Gasteiger partial charge in [0.2, 0.25) is 0 Å². The monoisotopic (exact) mass is 205 g/mol. The molecule has 1 unspecified atom stereocenters. The second kappa shape index (κ2) is 4.43. The van der Waals surface area contributed by atoms with Crippen LogP contribution in [0.15, 0.2) is 12.4 Å². The Morgan fingerprint density at radius 3 is 3.27 bits per heavy atom. The molecule has 80 valence electrons. The van der Waals surface area contributed by atoms with E-state index in [1.165, 1.54) is 0 Å². The average molecular weight is 205 g/mol. The van der Waals surface area contributed by atoms with E-state index in [4.69, 9.17) is 5.26 Å². The van der Waals surface area contributed by atoms with Crippen LogP contribution in [0.25, 0.3) is 0 Å². The highest BCUT2D eigenvalue weighted by Gasteiger charge is 2.18. The summed E-state index contributed by atoms with van der Waals surface area (Å²) in [4.78, 5) is 6.54. The third-order valence-electron chi connectivity index (χ3n) is 2.77. The smallest absolute Gasteiger partial charge is 0.122 e. The van der Waals surface area contributed by atoms with Crippen LogP contribution >= 0.6 is 0 Å². The number of nitrogens with zero attached hydrogens (tertiary/aromatic N) is 4. The standard InChI is InChI=1S/C10H15N5/c1-12-9(6-11)7-14-4-5-15-3-2-13-10(15)8-14/h2-3,9,12H,4-5,7-8H2,1H3. The number of imidazole rings is 1. The number of hydrogen-bond acceptors (Lipinski definition) is 4. The van der Waals surface area contributed by atoms with E-state index in [0.717, 1.165) is 32.0 Å². The minimum atomic E-state index is -0.0912. The summed E-state index contributed by atoms with van der Waals surface area (Å²) in [6.45, 7) is 3.56. The summed E-state index contributed by atoms with van der Waals surface area (Å²) in [6.07, 6.45) is 3.84. The van der Waals surface area contributed by atoms with Crippen molar-refractivity contribution in [3.8, 4) is 6.07 Å². The molecular formula is C10H15N5. The van der Waals surface area contributed by atoms with Crippen LogP contribution in [0.2, 0.25) is 0 Å². The third-order valence-corrected chi connectivity index (χ3v) is 2.77.